The number of hydrogen-bond acceptors (Lipinski definition) is 1. The molecule has 1 rings (SSSR count). The van der Waals surface area contributed by atoms with E-state index >= 15 is 0 Å². The number of rotatable bonds is 1. The van der Waals surface area contributed by atoms with Crippen molar-refractivity contribution in [2.75, 3.05) is 0 Å². The third kappa shape index (κ3) is 1.77. The Hall–Kier alpha value is -0.410. The average molecular weight is 144 g/mol. The Morgan fingerprint density at radius 2 is 2.33 bits per heavy atom. The molecule has 3 heteroatoms. The van der Waals surface area contributed by atoms with Crippen LogP contribution in [0.1, 0.15) is 12.8 Å². The summed E-state index contributed by atoms with van der Waals surface area (Å²) in [4.78, 5) is 0.529. The molecule has 0 radical (unpaired) electrons. The zero-order valence-corrected chi connectivity index (χ0v) is 5.73. The van der Waals surface area contributed by atoms with E-state index in [0.29, 0.717) is 4.91 Å². The van der Waals surface area contributed by atoms with E-state index in [1.807, 2.05) is 6.08 Å². The highest BCUT2D eigenvalue weighted by atomic mass is 32.2. The second-order valence-electron chi connectivity index (χ2n) is 1.84. The van der Waals surface area contributed by atoms with Crippen LogP contribution in [-0.4, -0.2) is 8.76 Å². The molecule has 0 aromatic rings. The maximum atomic E-state index is 10.3. The van der Waals surface area contributed by atoms with Crippen molar-refractivity contribution in [2.45, 2.75) is 12.8 Å². The largest absolute Gasteiger partial charge is 0.302 e. The van der Waals surface area contributed by atoms with Gasteiger partial charge in [-0.05, 0) is 18.9 Å². The summed E-state index contributed by atoms with van der Waals surface area (Å²) < 4.78 is 18.9. The molecule has 1 unspecified atom stereocenters. The zero-order chi connectivity index (χ0) is 6.69. The van der Waals surface area contributed by atoms with Crippen LogP contribution >= 0.6 is 0 Å². The van der Waals surface area contributed by atoms with Crippen LogP contribution < -0.4 is 0 Å². The second-order valence-corrected chi connectivity index (χ2v) is 2.81. The first-order chi connectivity index (χ1) is 4.30. The molecule has 0 aromatic heterocycles. The Bertz CT molecular complexity index is 181. The van der Waals surface area contributed by atoms with Crippen molar-refractivity contribution < 1.29 is 8.76 Å². The van der Waals surface area contributed by atoms with Crippen molar-refractivity contribution in [1.82, 2.24) is 0 Å². The lowest BCUT2D eigenvalue weighted by molar-refractivity contribution is 0.572. The molecule has 0 saturated heterocycles. The highest BCUT2D eigenvalue weighted by Crippen LogP contribution is 2.10. The summed E-state index contributed by atoms with van der Waals surface area (Å²) in [6.07, 6.45) is 7.26. The minimum absolute atomic E-state index is 0.529. The van der Waals surface area contributed by atoms with Crippen LogP contribution in [-0.2, 0) is 11.1 Å². The fraction of sp³-hybridized carbons (Fsp3) is 0.333. The van der Waals surface area contributed by atoms with Gasteiger partial charge in [-0.1, -0.05) is 12.2 Å². The first kappa shape index (κ1) is 6.71. The molecule has 9 heavy (non-hydrogen) atoms. The highest BCUT2D eigenvalue weighted by molar-refractivity contribution is 7.83. The predicted molar refractivity (Wildman–Crippen MR) is 37.2 cm³/mol. The van der Waals surface area contributed by atoms with E-state index in [1.54, 1.807) is 12.2 Å². The molecule has 0 amide bonds. The van der Waals surface area contributed by atoms with Crippen molar-refractivity contribution in [1.29, 1.82) is 0 Å². The maximum Gasteiger partial charge on any atom is 0.186 e. The molecule has 2 nitrogen and oxygen atoms in total. The molecule has 1 aliphatic rings. The molecule has 1 N–H and O–H groups in total. The Kier molecular flexibility index (Phi) is 2.19. The van der Waals surface area contributed by atoms with E-state index in [-0.39, 0.29) is 0 Å². The Morgan fingerprint density at radius 3 is 2.67 bits per heavy atom. The molecule has 0 spiro atoms. The van der Waals surface area contributed by atoms with Gasteiger partial charge in [0.15, 0.2) is 11.1 Å². The summed E-state index contributed by atoms with van der Waals surface area (Å²) in [6.45, 7) is 0. The third-order valence-electron chi connectivity index (χ3n) is 1.16. The van der Waals surface area contributed by atoms with Crippen LogP contribution in [0, 0.1) is 0 Å². The highest BCUT2D eigenvalue weighted by Gasteiger charge is 2.00. The van der Waals surface area contributed by atoms with Crippen LogP contribution in [0.15, 0.2) is 23.1 Å². The van der Waals surface area contributed by atoms with Gasteiger partial charge in [0, 0.05) is 0 Å². The molecular formula is C6H8O2S. The summed E-state index contributed by atoms with van der Waals surface area (Å²) >= 11 is -1.78. The lowest BCUT2D eigenvalue weighted by Gasteiger charge is -1.99. The normalized spacial score (nSPS) is 21.2. The Labute approximate surface area is 56.6 Å². The molecule has 0 aliphatic heterocycles. The molecule has 0 fully saturated rings. The van der Waals surface area contributed by atoms with Crippen molar-refractivity contribution in [3.05, 3.63) is 23.1 Å². The Balaban J connectivity index is 2.69. The minimum Gasteiger partial charge on any atom is -0.302 e. The van der Waals surface area contributed by atoms with Gasteiger partial charge < -0.3 is 4.55 Å². The summed E-state index contributed by atoms with van der Waals surface area (Å²) in [5, 5.41) is 0. The molecule has 1 atom stereocenters. The van der Waals surface area contributed by atoms with E-state index in [9.17, 15) is 4.21 Å². The average Bonchev–Trinajstić information content (AvgIpc) is 1.90. The molecule has 0 heterocycles. The van der Waals surface area contributed by atoms with E-state index in [0.717, 1.165) is 12.8 Å². The van der Waals surface area contributed by atoms with Gasteiger partial charge in [-0.25, -0.2) is 4.21 Å². The van der Waals surface area contributed by atoms with E-state index in [2.05, 4.69) is 0 Å². The SMILES string of the molecule is O=S(O)C1=CCCC=C1. The summed E-state index contributed by atoms with van der Waals surface area (Å²) in [6, 6.07) is 0. The zero-order valence-electron chi connectivity index (χ0n) is 4.91. The van der Waals surface area contributed by atoms with Crippen molar-refractivity contribution in [3.8, 4) is 0 Å². The topological polar surface area (TPSA) is 37.3 Å². The number of hydrogen-bond donors (Lipinski definition) is 1. The molecule has 0 bridgehead atoms. The number of allylic oxidation sites excluding steroid dienone is 3. The molecule has 1 aliphatic carbocycles. The monoisotopic (exact) mass is 144 g/mol. The van der Waals surface area contributed by atoms with Gasteiger partial charge >= 0.3 is 0 Å². The van der Waals surface area contributed by atoms with Gasteiger partial charge in [-0.2, -0.15) is 0 Å². The maximum absolute atomic E-state index is 10.3. The van der Waals surface area contributed by atoms with Crippen LogP contribution in [0.25, 0.3) is 0 Å². The van der Waals surface area contributed by atoms with Crippen molar-refractivity contribution in [2.24, 2.45) is 0 Å². The van der Waals surface area contributed by atoms with E-state index < -0.39 is 11.1 Å². The standard InChI is InChI=1S/C6H8O2S/c7-9(8)6-4-2-1-3-5-6/h2,4-5H,1,3H2,(H,7,8). The first-order valence-corrected chi connectivity index (χ1v) is 3.89. The van der Waals surface area contributed by atoms with Crippen molar-refractivity contribution in [3.63, 3.8) is 0 Å². The van der Waals surface area contributed by atoms with Gasteiger partial charge in [0.2, 0.25) is 0 Å². The van der Waals surface area contributed by atoms with Gasteiger partial charge in [0.25, 0.3) is 0 Å². The van der Waals surface area contributed by atoms with Crippen LogP contribution in [0.2, 0.25) is 0 Å². The van der Waals surface area contributed by atoms with E-state index in [1.165, 1.54) is 0 Å². The third-order valence-corrected chi connectivity index (χ3v) is 1.87. The van der Waals surface area contributed by atoms with Gasteiger partial charge in [0.05, 0.1) is 4.91 Å². The van der Waals surface area contributed by atoms with Gasteiger partial charge in [0.1, 0.15) is 0 Å². The minimum atomic E-state index is -1.78. The van der Waals surface area contributed by atoms with Gasteiger partial charge in [-0.15, -0.1) is 0 Å². The molecule has 0 saturated carbocycles. The molecule has 50 valence electrons. The lowest BCUT2D eigenvalue weighted by atomic mass is 10.2. The summed E-state index contributed by atoms with van der Waals surface area (Å²) in [5.74, 6) is 0. The van der Waals surface area contributed by atoms with Crippen LogP contribution in [0.4, 0.5) is 0 Å². The Morgan fingerprint density at radius 1 is 1.56 bits per heavy atom. The van der Waals surface area contributed by atoms with Crippen LogP contribution in [0.3, 0.4) is 0 Å². The summed E-state index contributed by atoms with van der Waals surface area (Å²) in [5.41, 5.74) is 0. The molecular weight excluding hydrogens is 136 g/mol. The van der Waals surface area contributed by atoms with E-state index in [4.69, 9.17) is 4.55 Å². The lowest BCUT2D eigenvalue weighted by Crippen LogP contribution is -1.91. The smallest absolute Gasteiger partial charge is 0.186 e. The first-order valence-electron chi connectivity index (χ1n) is 2.78. The predicted octanol–water partition coefficient (Wildman–Crippen LogP) is 1.44. The van der Waals surface area contributed by atoms with Crippen molar-refractivity contribution >= 4 is 11.1 Å². The molecule has 0 aromatic carbocycles. The fourth-order valence-electron chi connectivity index (χ4n) is 0.719. The summed E-state index contributed by atoms with van der Waals surface area (Å²) in [7, 11) is 0. The van der Waals surface area contributed by atoms with Crippen LogP contribution in [0.5, 0.6) is 0 Å². The fourth-order valence-corrected chi connectivity index (χ4v) is 1.19. The second kappa shape index (κ2) is 2.94. The quantitative estimate of drug-likeness (QED) is 0.565. The van der Waals surface area contributed by atoms with Gasteiger partial charge in [-0.3, -0.25) is 0 Å².